The zero-order chi connectivity index (χ0) is 23.6. The number of fused-ring (bicyclic) bond motifs is 1. The lowest BCUT2D eigenvalue weighted by atomic mass is 9.82. The van der Waals surface area contributed by atoms with Gasteiger partial charge in [0.2, 0.25) is 11.8 Å². The first-order valence-electron chi connectivity index (χ1n) is 11.9. The van der Waals surface area contributed by atoms with Crippen LogP contribution in [-0.4, -0.2) is 43.1 Å². The molecular formula is C25H36N2O6. The Bertz CT molecular complexity index is 890. The van der Waals surface area contributed by atoms with Crippen molar-refractivity contribution >= 4 is 22.8 Å². The summed E-state index contributed by atoms with van der Waals surface area (Å²) in [4.78, 5) is 25.5. The van der Waals surface area contributed by atoms with Crippen LogP contribution in [0.15, 0.2) is 34.9 Å². The molecule has 1 aliphatic carbocycles. The number of hydroxylamine groups is 1. The summed E-state index contributed by atoms with van der Waals surface area (Å²) in [6, 6.07) is 7.23. The van der Waals surface area contributed by atoms with Gasteiger partial charge in [-0.3, -0.25) is 14.8 Å². The molecule has 0 aliphatic heterocycles. The van der Waals surface area contributed by atoms with Gasteiger partial charge in [-0.05, 0) is 63.0 Å². The summed E-state index contributed by atoms with van der Waals surface area (Å²) in [5, 5.41) is 13.4. The van der Waals surface area contributed by atoms with E-state index in [-0.39, 0.29) is 25.2 Å². The van der Waals surface area contributed by atoms with Gasteiger partial charge in [0.25, 0.3) is 0 Å². The summed E-state index contributed by atoms with van der Waals surface area (Å²) in [7, 11) is 0. The van der Waals surface area contributed by atoms with Crippen molar-refractivity contribution in [1.82, 2.24) is 10.8 Å². The molecule has 3 N–H and O–H groups in total. The van der Waals surface area contributed by atoms with Crippen LogP contribution < -0.4 is 10.8 Å². The van der Waals surface area contributed by atoms with Gasteiger partial charge in [0, 0.05) is 23.8 Å². The molecule has 0 bridgehead atoms. The first kappa shape index (κ1) is 25.2. The topological polar surface area (TPSA) is 110 Å². The molecule has 1 heterocycles. The van der Waals surface area contributed by atoms with Gasteiger partial charge in [-0.25, -0.2) is 5.48 Å². The number of benzene rings is 1. The fourth-order valence-corrected chi connectivity index (χ4v) is 4.52. The lowest BCUT2D eigenvalue weighted by Crippen LogP contribution is -2.45. The molecule has 1 saturated carbocycles. The van der Waals surface area contributed by atoms with Crippen LogP contribution in [0.2, 0.25) is 0 Å². The fourth-order valence-electron chi connectivity index (χ4n) is 4.52. The van der Waals surface area contributed by atoms with Crippen LogP contribution in [0.1, 0.15) is 51.5 Å². The van der Waals surface area contributed by atoms with Crippen molar-refractivity contribution in [2.75, 3.05) is 20.0 Å². The Morgan fingerprint density at radius 3 is 2.67 bits per heavy atom. The minimum Gasteiger partial charge on any atom is -0.464 e. The monoisotopic (exact) mass is 460 g/mol. The summed E-state index contributed by atoms with van der Waals surface area (Å²) in [5.74, 6) is -0.441. The van der Waals surface area contributed by atoms with Crippen LogP contribution in [-0.2, 0) is 25.5 Å². The van der Waals surface area contributed by atoms with Crippen LogP contribution in [0, 0.1) is 17.8 Å². The van der Waals surface area contributed by atoms with Crippen molar-refractivity contribution in [2.45, 2.75) is 58.4 Å². The van der Waals surface area contributed by atoms with E-state index >= 15 is 0 Å². The number of amides is 2. The number of carbonyl (C=O) groups is 2. The third-order valence-electron chi connectivity index (χ3n) is 6.50. The summed E-state index contributed by atoms with van der Waals surface area (Å²) < 4.78 is 16.5. The molecule has 3 rings (SSSR count). The Labute approximate surface area is 195 Å². The first-order chi connectivity index (χ1) is 16.0. The van der Waals surface area contributed by atoms with Gasteiger partial charge in [0.1, 0.15) is 12.4 Å². The van der Waals surface area contributed by atoms with Gasteiger partial charge >= 0.3 is 0 Å². The maximum Gasteiger partial charge on any atom is 0.246 e. The summed E-state index contributed by atoms with van der Waals surface area (Å²) >= 11 is 0. The summed E-state index contributed by atoms with van der Waals surface area (Å²) in [6.07, 6.45) is 6.17. The van der Waals surface area contributed by atoms with Gasteiger partial charge in [-0.2, -0.15) is 0 Å². The standard InChI is InChI=1S/C25H36N2O6/c1-3-31-16-32-15-21(26-24(28)18-10-8-17(2)9-11-18)13-19(25(29)27-30)12-20-14-33-23-7-5-4-6-22(20)23/h4-7,14,17-19,21,30H,3,8-13,15-16H2,1-2H3,(H,26,28)(H,27,29)/t17-,18-,19-,21-/m0/s1. The molecule has 0 spiro atoms. The number of carbonyl (C=O) groups excluding carboxylic acids is 2. The summed E-state index contributed by atoms with van der Waals surface area (Å²) in [6.45, 7) is 4.96. The lowest BCUT2D eigenvalue weighted by Gasteiger charge is -2.29. The number of hydrogen-bond acceptors (Lipinski definition) is 6. The van der Waals surface area contributed by atoms with E-state index in [0.29, 0.717) is 25.4 Å². The normalized spacial score (nSPS) is 20.3. The van der Waals surface area contributed by atoms with Crippen molar-refractivity contribution in [3.05, 3.63) is 36.1 Å². The Balaban J connectivity index is 1.70. The number of hydrogen-bond donors (Lipinski definition) is 3. The van der Waals surface area contributed by atoms with Crippen molar-refractivity contribution in [3.8, 4) is 0 Å². The molecule has 1 aromatic heterocycles. The molecule has 1 fully saturated rings. The largest absolute Gasteiger partial charge is 0.464 e. The summed E-state index contributed by atoms with van der Waals surface area (Å²) in [5.41, 5.74) is 3.40. The second-order valence-electron chi connectivity index (χ2n) is 9.01. The predicted octanol–water partition coefficient (Wildman–Crippen LogP) is 3.81. The Kier molecular flexibility index (Phi) is 9.72. The highest BCUT2D eigenvalue weighted by Crippen LogP contribution is 2.29. The van der Waals surface area contributed by atoms with Crippen molar-refractivity contribution in [1.29, 1.82) is 0 Å². The van der Waals surface area contributed by atoms with E-state index in [2.05, 4.69) is 12.2 Å². The van der Waals surface area contributed by atoms with Crippen molar-refractivity contribution < 1.29 is 28.7 Å². The fraction of sp³-hybridized carbons (Fsp3) is 0.600. The lowest BCUT2D eigenvalue weighted by molar-refractivity contribution is -0.135. The van der Waals surface area contributed by atoms with Gasteiger partial charge in [-0.15, -0.1) is 0 Å². The van der Waals surface area contributed by atoms with E-state index in [1.807, 2.05) is 31.2 Å². The van der Waals surface area contributed by atoms with E-state index in [4.69, 9.17) is 13.9 Å². The predicted molar refractivity (Wildman–Crippen MR) is 123 cm³/mol. The Morgan fingerprint density at radius 1 is 1.18 bits per heavy atom. The maximum absolute atomic E-state index is 13.0. The smallest absolute Gasteiger partial charge is 0.246 e. The Morgan fingerprint density at radius 2 is 1.94 bits per heavy atom. The minimum absolute atomic E-state index is 0.00354. The molecule has 1 aliphatic rings. The maximum atomic E-state index is 13.0. The average Bonchev–Trinajstić information content (AvgIpc) is 3.24. The number of ether oxygens (including phenoxy) is 2. The van der Waals surface area contributed by atoms with Crippen LogP contribution in [0.5, 0.6) is 0 Å². The van der Waals surface area contributed by atoms with E-state index < -0.39 is 17.9 Å². The molecule has 2 atom stereocenters. The molecule has 8 nitrogen and oxygen atoms in total. The molecule has 0 saturated heterocycles. The van der Waals surface area contributed by atoms with Crippen molar-refractivity contribution in [3.63, 3.8) is 0 Å². The van der Waals surface area contributed by atoms with E-state index in [1.165, 1.54) is 0 Å². The van der Waals surface area contributed by atoms with Crippen molar-refractivity contribution in [2.24, 2.45) is 17.8 Å². The van der Waals surface area contributed by atoms with Crippen LogP contribution in [0.4, 0.5) is 0 Å². The van der Waals surface area contributed by atoms with E-state index in [9.17, 15) is 14.8 Å². The number of nitrogens with one attached hydrogen (secondary N) is 2. The highest BCUT2D eigenvalue weighted by Gasteiger charge is 2.29. The second-order valence-corrected chi connectivity index (χ2v) is 9.01. The second kappa shape index (κ2) is 12.7. The molecule has 2 amide bonds. The van der Waals surface area contributed by atoms with E-state index in [1.54, 1.807) is 11.7 Å². The average molecular weight is 461 g/mol. The molecular weight excluding hydrogens is 424 g/mol. The van der Waals surface area contributed by atoms with Gasteiger partial charge in [-0.1, -0.05) is 25.1 Å². The quantitative estimate of drug-likeness (QED) is 0.192. The van der Waals surface area contributed by atoms with Crippen LogP contribution >= 0.6 is 0 Å². The molecule has 0 unspecified atom stereocenters. The van der Waals surface area contributed by atoms with Crippen LogP contribution in [0.25, 0.3) is 11.0 Å². The zero-order valence-electron chi connectivity index (χ0n) is 19.5. The van der Waals surface area contributed by atoms with E-state index in [0.717, 1.165) is 42.2 Å². The number of furan rings is 1. The molecule has 0 radical (unpaired) electrons. The third kappa shape index (κ3) is 7.28. The van der Waals surface area contributed by atoms with Gasteiger partial charge in [0.05, 0.1) is 18.9 Å². The third-order valence-corrected chi connectivity index (χ3v) is 6.50. The number of para-hydroxylation sites is 1. The van der Waals surface area contributed by atoms with Crippen LogP contribution in [0.3, 0.4) is 0 Å². The molecule has 8 heteroatoms. The van der Waals surface area contributed by atoms with Gasteiger partial charge in [0.15, 0.2) is 0 Å². The molecule has 33 heavy (non-hydrogen) atoms. The van der Waals surface area contributed by atoms with Gasteiger partial charge < -0.3 is 19.2 Å². The molecule has 182 valence electrons. The first-order valence-corrected chi connectivity index (χ1v) is 11.9. The SMILES string of the molecule is CCOCOC[C@H](C[C@H](Cc1coc2ccccc12)C(=O)NO)NC(=O)[C@H]1CC[C@H](C)CC1. The Hall–Kier alpha value is -2.42. The zero-order valence-corrected chi connectivity index (χ0v) is 19.5. The molecule has 2 aromatic rings. The minimum atomic E-state index is -0.580. The highest BCUT2D eigenvalue weighted by molar-refractivity contribution is 5.83. The highest BCUT2D eigenvalue weighted by atomic mass is 16.7. The molecule has 1 aromatic carbocycles. The number of rotatable bonds is 12.